The van der Waals surface area contributed by atoms with Crippen molar-refractivity contribution < 1.29 is 14.2 Å². The number of nitrogens with one attached hydrogen (secondary N) is 1. The van der Waals surface area contributed by atoms with E-state index in [9.17, 15) is 0 Å². The lowest BCUT2D eigenvalue weighted by Gasteiger charge is -2.13. The van der Waals surface area contributed by atoms with Gasteiger partial charge in [0.2, 0.25) is 0 Å². The van der Waals surface area contributed by atoms with Crippen molar-refractivity contribution in [2.45, 2.75) is 26.5 Å². The molecule has 3 rings (SSSR count). The van der Waals surface area contributed by atoms with Crippen molar-refractivity contribution in [1.29, 1.82) is 0 Å². The summed E-state index contributed by atoms with van der Waals surface area (Å²) in [5.74, 6) is 2.41. The van der Waals surface area contributed by atoms with Crippen LogP contribution in [-0.4, -0.2) is 25.7 Å². The zero-order valence-corrected chi connectivity index (χ0v) is 17.3. The Bertz CT molecular complexity index is 913. The fraction of sp³-hybridized carbons (Fsp3) is 0.292. The van der Waals surface area contributed by atoms with Crippen molar-refractivity contribution in [3.63, 3.8) is 0 Å². The predicted molar refractivity (Wildman–Crippen MR) is 115 cm³/mol. The maximum Gasteiger partial charge on any atom is 0.161 e. The molecule has 3 aromatic rings. The summed E-state index contributed by atoms with van der Waals surface area (Å²) in [6, 6.07) is 16.2. The molecule has 0 bridgehead atoms. The molecule has 2 aromatic carbocycles. The number of benzene rings is 2. The Kier molecular flexibility index (Phi) is 7.47. The molecule has 0 aliphatic carbocycles. The third-order valence-electron chi connectivity index (χ3n) is 4.71. The van der Waals surface area contributed by atoms with Crippen molar-refractivity contribution in [3.05, 3.63) is 83.2 Å². The highest BCUT2D eigenvalue weighted by Gasteiger charge is 2.07. The third kappa shape index (κ3) is 5.96. The van der Waals surface area contributed by atoms with Gasteiger partial charge >= 0.3 is 0 Å². The Morgan fingerprint density at radius 2 is 1.59 bits per heavy atom. The number of ether oxygens (including phenoxy) is 3. The van der Waals surface area contributed by atoms with Crippen LogP contribution in [0, 0.1) is 6.92 Å². The minimum Gasteiger partial charge on any atom is -0.496 e. The molecule has 152 valence electrons. The van der Waals surface area contributed by atoms with Gasteiger partial charge in [-0.05, 0) is 66.9 Å². The highest BCUT2D eigenvalue weighted by molar-refractivity contribution is 5.43. The molecule has 0 saturated carbocycles. The summed E-state index contributed by atoms with van der Waals surface area (Å²) in [4.78, 5) is 4.02. The van der Waals surface area contributed by atoms with E-state index in [1.807, 2.05) is 30.3 Å². The van der Waals surface area contributed by atoms with Gasteiger partial charge in [-0.3, -0.25) is 4.98 Å². The first-order chi connectivity index (χ1) is 14.2. The third-order valence-corrected chi connectivity index (χ3v) is 4.71. The quantitative estimate of drug-likeness (QED) is 0.521. The number of hydrogen-bond donors (Lipinski definition) is 1. The lowest BCUT2D eigenvalue weighted by molar-refractivity contribution is 0.284. The molecule has 29 heavy (non-hydrogen) atoms. The molecule has 0 aliphatic heterocycles. The fourth-order valence-electron chi connectivity index (χ4n) is 3.14. The van der Waals surface area contributed by atoms with E-state index in [1.54, 1.807) is 26.6 Å². The second-order valence-corrected chi connectivity index (χ2v) is 6.87. The molecule has 5 heteroatoms. The first-order valence-corrected chi connectivity index (χ1v) is 9.72. The molecule has 1 aromatic heterocycles. The normalized spacial score (nSPS) is 10.6. The van der Waals surface area contributed by atoms with Crippen LogP contribution < -0.4 is 19.5 Å². The van der Waals surface area contributed by atoms with E-state index in [0.717, 1.165) is 47.9 Å². The Balaban J connectivity index is 1.53. The van der Waals surface area contributed by atoms with E-state index < -0.39 is 0 Å². The number of nitrogens with zero attached hydrogens (tertiary/aromatic N) is 1. The van der Waals surface area contributed by atoms with Crippen LogP contribution in [0.2, 0.25) is 0 Å². The van der Waals surface area contributed by atoms with Gasteiger partial charge in [-0.1, -0.05) is 23.8 Å². The summed E-state index contributed by atoms with van der Waals surface area (Å²) in [7, 11) is 3.38. The molecule has 1 heterocycles. The van der Waals surface area contributed by atoms with Crippen molar-refractivity contribution >= 4 is 0 Å². The van der Waals surface area contributed by atoms with E-state index in [2.05, 4.69) is 35.4 Å². The number of hydrogen-bond acceptors (Lipinski definition) is 5. The van der Waals surface area contributed by atoms with Gasteiger partial charge in [0.15, 0.2) is 11.5 Å². The summed E-state index contributed by atoms with van der Waals surface area (Å²) in [5.41, 5.74) is 4.68. The summed E-state index contributed by atoms with van der Waals surface area (Å²) >= 11 is 0. The van der Waals surface area contributed by atoms with Crippen LogP contribution in [0.5, 0.6) is 17.2 Å². The SMILES string of the molecule is COc1ccc(C)cc1CCNCc1ccc(OCc2ccncc2)c(OC)c1. The second kappa shape index (κ2) is 10.5. The standard InChI is InChI=1S/C24H28N2O3/c1-18-4-6-22(27-2)21(14-18)10-13-26-16-20-5-7-23(24(15-20)28-3)29-17-19-8-11-25-12-9-19/h4-9,11-12,14-15,26H,10,13,16-17H2,1-3H3. The number of methoxy groups -OCH3 is 2. The Morgan fingerprint density at radius 1 is 0.828 bits per heavy atom. The molecule has 1 N–H and O–H groups in total. The lowest BCUT2D eigenvalue weighted by Crippen LogP contribution is -2.17. The van der Waals surface area contributed by atoms with Crippen molar-refractivity contribution in [2.75, 3.05) is 20.8 Å². The number of rotatable bonds is 10. The summed E-state index contributed by atoms with van der Waals surface area (Å²) < 4.78 is 16.9. The Morgan fingerprint density at radius 3 is 2.34 bits per heavy atom. The van der Waals surface area contributed by atoms with E-state index in [-0.39, 0.29) is 0 Å². The number of aromatic nitrogens is 1. The van der Waals surface area contributed by atoms with Gasteiger partial charge < -0.3 is 19.5 Å². The molecule has 0 saturated heterocycles. The molecular formula is C24H28N2O3. The maximum absolute atomic E-state index is 5.90. The zero-order valence-electron chi connectivity index (χ0n) is 17.3. The molecule has 0 fully saturated rings. The van der Waals surface area contributed by atoms with Gasteiger partial charge in [-0.15, -0.1) is 0 Å². The van der Waals surface area contributed by atoms with E-state index in [0.29, 0.717) is 6.61 Å². The summed E-state index contributed by atoms with van der Waals surface area (Å²) in [5, 5.41) is 3.49. The summed E-state index contributed by atoms with van der Waals surface area (Å²) in [6.07, 6.45) is 4.43. The number of pyridine rings is 1. The second-order valence-electron chi connectivity index (χ2n) is 6.87. The van der Waals surface area contributed by atoms with Gasteiger partial charge in [0, 0.05) is 18.9 Å². The average molecular weight is 392 g/mol. The topological polar surface area (TPSA) is 52.6 Å². The Labute approximate surface area is 172 Å². The maximum atomic E-state index is 5.90. The zero-order chi connectivity index (χ0) is 20.5. The summed E-state index contributed by atoms with van der Waals surface area (Å²) in [6.45, 7) is 4.20. The molecule has 5 nitrogen and oxygen atoms in total. The van der Waals surface area contributed by atoms with Crippen LogP contribution in [0.1, 0.15) is 22.3 Å². The van der Waals surface area contributed by atoms with Gasteiger partial charge in [-0.2, -0.15) is 0 Å². The molecule has 0 amide bonds. The number of aryl methyl sites for hydroxylation is 1. The van der Waals surface area contributed by atoms with Gasteiger partial charge in [0.05, 0.1) is 14.2 Å². The fourth-order valence-corrected chi connectivity index (χ4v) is 3.14. The van der Waals surface area contributed by atoms with Crippen LogP contribution in [-0.2, 0) is 19.6 Å². The van der Waals surface area contributed by atoms with Crippen molar-refractivity contribution in [3.8, 4) is 17.2 Å². The van der Waals surface area contributed by atoms with Crippen molar-refractivity contribution in [1.82, 2.24) is 10.3 Å². The first-order valence-electron chi connectivity index (χ1n) is 9.72. The largest absolute Gasteiger partial charge is 0.496 e. The molecule has 0 radical (unpaired) electrons. The molecule has 0 unspecified atom stereocenters. The van der Waals surface area contributed by atoms with Gasteiger partial charge in [0.1, 0.15) is 12.4 Å². The predicted octanol–water partition coefficient (Wildman–Crippen LogP) is 4.32. The van der Waals surface area contributed by atoms with Crippen LogP contribution in [0.15, 0.2) is 60.9 Å². The highest BCUT2D eigenvalue weighted by Crippen LogP contribution is 2.29. The van der Waals surface area contributed by atoms with E-state index in [1.165, 1.54) is 11.1 Å². The highest BCUT2D eigenvalue weighted by atomic mass is 16.5. The van der Waals surface area contributed by atoms with Gasteiger partial charge in [-0.25, -0.2) is 0 Å². The van der Waals surface area contributed by atoms with Crippen molar-refractivity contribution in [2.24, 2.45) is 0 Å². The molecule has 0 atom stereocenters. The molecule has 0 aliphatic rings. The molecule has 0 spiro atoms. The van der Waals surface area contributed by atoms with E-state index >= 15 is 0 Å². The van der Waals surface area contributed by atoms with Crippen LogP contribution in [0.4, 0.5) is 0 Å². The minimum absolute atomic E-state index is 0.481. The van der Waals surface area contributed by atoms with Gasteiger partial charge in [0.25, 0.3) is 0 Å². The monoisotopic (exact) mass is 392 g/mol. The van der Waals surface area contributed by atoms with Crippen LogP contribution in [0.25, 0.3) is 0 Å². The minimum atomic E-state index is 0.481. The Hall–Kier alpha value is -3.05. The first kappa shape index (κ1) is 20.7. The van der Waals surface area contributed by atoms with E-state index in [4.69, 9.17) is 14.2 Å². The lowest BCUT2D eigenvalue weighted by atomic mass is 10.1. The molecular weight excluding hydrogens is 364 g/mol. The van der Waals surface area contributed by atoms with Crippen LogP contribution in [0.3, 0.4) is 0 Å². The average Bonchev–Trinajstić information content (AvgIpc) is 2.76. The smallest absolute Gasteiger partial charge is 0.161 e. The van der Waals surface area contributed by atoms with Crippen LogP contribution >= 0.6 is 0 Å².